The van der Waals surface area contributed by atoms with Gasteiger partial charge >= 0.3 is 0 Å². The topological polar surface area (TPSA) is 79.9 Å². The van der Waals surface area contributed by atoms with E-state index in [1.807, 2.05) is 18.9 Å². The van der Waals surface area contributed by atoms with E-state index in [2.05, 4.69) is 10.6 Å². The molecule has 7 nitrogen and oxygen atoms in total. The molecule has 0 fully saturated rings. The van der Waals surface area contributed by atoms with Crippen LogP contribution in [0.3, 0.4) is 0 Å². The third kappa shape index (κ3) is 4.38. The zero-order valence-corrected chi connectivity index (χ0v) is 14.4. The molecule has 0 spiro atoms. The standard InChI is InChI=1S/C17H25N3O4/c1-4-18-16(21)10-13-11-24-15-6-5-12(9-14(15)20(13)2)17(22)19-7-8-23-3/h5-6,9,13H,4,7-8,10-11H2,1-3H3,(H,18,21)(H,19,22). The predicted octanol–water partition coefficient (Wildman–Crippen LogP) is 0.786. The van der Waals surface area contributed by atoms with Gasteiger partial charge in [0.2, 0.25) is 5.91 Å². The van der Waals surface area contributed by atoms with Gasteiger partial charge in [-0.2, -0.15) is 0 Å². The summed E-state index contributed by atoms with van der Waals surface area (Å²) in [5.41, 5.74) is 1.37. The van der Waals surface area contributed by atoms with Gasteiger partial charge in [-0.1, -0.05) is 0 Å². The van der Waals surface area contributed by atoms with Crippen molar-refractivity contribution in [1.29, 1.82) is 0 Å². The summed E-state index contributed by atoms with van der Waals surface area (Å²) in [4.78, 5) is 26.0. The quantitative estimate of drug-likeness (QED) is 0.720. The molecule has 0 saturated carbocycles. The Kier molecular flexibility index (Phi) is 6.43. The molecule has 1 unspecified atom stereocenters. The largest absolute Gasteiger partial charge is 0.489 e. The van der Waals surface area contributed by atoms with Crippen LogP contribution in [0.1, 0.15) is 23.7 Å². The minimum Gasteiger partial charge on any atom is -0.489 e. The highest BCUT2D eigenvalue weighted by Crippen LogP contribution is 2.34. The Bertz CT molecular complexity index is 591. The van der Waals surface area contributed by atoms with E-state index in [0.717, 1.165) is 11.4 Å². The van der Waals surface area contributed by atoms with E-state index in [9.17, 15) is 9.59 Å². The van der Waals surface area contributed by atoms with Crippen LogP contribution in [0.5, 0.6) is 5.75 Å². The summed E-state index contributed by atoms with van der Waals surface area (Å²) >= 11 is 0. The summed E-state index contributed by atoms with van der Waals surface area (Å²) < 4.78 is 10.7. The van der Waals surface area contributed by atoms with E-state index < -0.39 is 0 Å². The number of ether oxygens (including phenoxy) is 2. The van der Waals surface area contributed by atoms with Crippen molar-refractivity contribution in [3.8, 4) is 5.75 Å². The SMILES string of the molecule is CCNC(=O)CC1COc2ccc(C(=O)NCCOC)cc2N1C. The highest BCUT2D eigenvalue weighted by molar-refractivity contribution is 5.95. The number of nitrogens with one attached hydrogen (secondary N) is 2. The van der Waals surface area contributed by atoms with Crippen LogP contribution < -0.4 is 20.3 Å². The number of nitrogens with zero attached hydrogens (tertiary/aromatic N) is 1. The van der Waals surface area contributed by atoms with Gasteiger partial charge in [0.15, 0.2) is 0 Å². The van der Waals surface area contributed by atoms with Crippen molar-refractivity contribution in [3.05, 3.63) is 23.8 Å². The van der Waals surface area contributed by atoms with Crippen LogP contribution in [-0.2, 0) is 9.53 Å². The third-order valence-electron chi connectivity index (χ3n) is 3.97. The second-order valence-electron chi connectivity index (χ2n) is 5.66. The number of methoxy groups -OCH3 is 1. The monoisotopic (exact) mass is 335 g/mol. The van der Waals surface area contributed by atoms with Crippen LogP contribution in [0.4, 0.5) is 5.69 Å². The molecule has 132 valence electrons. The number of carbonyl (C=O) groups excluding carboxylic acids is 2. The molecule has 1 aliphatic heterocycles. The minimum absolute atomic E-state index is 0.00476. The maximum absolute atomic E-state index is 12.2. The van der Waals surface area contributed by atoms with E-state index in [1.165, 1.54) is 0 Å². The number of benzene rings is 1. The summed E-state index contributed by atoms with van der Waals surface area (Å²) in [5.74, 6) is 0.557. The van der Waals surface area contributed by atoms with Crippen molar-refractivity contribution in [2.75, 3.05) is 45.4 Å². The molecule has 0 saturated heterocycles. The van der Waals surface area contributed by atoms with Crippen molar-refractivity contribution >= 4 is 17.5 Å². The number of hydrogen-bond donors (Lipinski definition) is 2. The smallest absolute Gasteiger partial charge is 0.251 e. The Balaban J connectivity index is 2.09. The maximum Gasteiger partial charge on any atom is 0.251 e. The zero-order valence-electron chi connectivity index (χ0n) is 14.4. The Morgan fingerprint density at radius 1 is 1.38 bits per heavy atom. The lowest BCUT2D eigenvalue weighted by atomic mass is 10.1. The average molecular weight is 335 g/mol. The van der Waals surface area contributed by atoms with E-state index in [1.54, 1.807) is 25.3 Å². The van der Waals surface area contributed by atoms with Gasteiger partial charge in [0, 0.05) is 32.8 Å². The minimum atomic E-state index is -0.158. The van der Waals surface area contributed by atoms with Gasteiger partial charge in [0.1, 0.15) is 12.4 Å². The fourth-order valence-corrected chi connectivity index (χ4v) is 2.60. The highest BCUT2D eigenvalue weighted by atomic mass is 16.5. The number of rotatable bonds is 7. The number of amides is 2. The Hall–Kier alpha value is -2.28. The lowest BCUT2D eigenvalue weighted by Gasteiger charge is -2.35. The lowest BCUT2D eigenvalue weighted by Crippen LogP contribution is -2.44. The molecule has 0 radical (unpaired) electrons. The van der Waals surface area contributed by atoms with Crippen LogP contribution >= 0.6 is 0 Å². The Morgan fingerprint density at radius 3 is 2.88 bits per heavy atom. The first kappa shape index (κ1) is 18.1. The Morgan fingerprint density at radius 2 is 2.17 bits per heavy atom. The Labute approximate surface area is 142 Å². The number of fused-ring (bicyclic) bond motifs is 1. The van der Waals surface area contributed by atoms with Crippen LogP contribution in [0.25, 0.3) is 0 Å². The number of hydrogen-bond acceptors (Lipinski definition) is 5. The van der Waals surface area contributed by atoms with Gasteiger partial charge in [-0.05, 0) is 25.1 Å². The molecule has 0 bridgehead atoms. The van der Waals surface area contributed by atoms with E-state index in [-0.39, 0.29) is 17.9 Å². The van der Waals surface area contributed by atoms with Gasteiger partial charge in [-0.25, -0.2) is 0 Å². The first-order valence-corrected chi connectivity index (χ1v) is 8.10. The molecule has 0 aromatic heterocycles. The maximum atomic E-state index is 12.2. The summed E-state index contributed by atoms with van der Waals surface area (Å²) in [6.45, 7) is 3.87. The summed E-state index contributed by atoms with van der Waals surface area (Å²) in [6, 6.07) is 5.26. The molecule has 1 aliphatic rings. The fourth-order valence-electron chi connectivity index (χ4n) is 2.60. The molecule has 24 heavy (non-hydrogen) atoms. The van der Waals surface area contributed by atoms with Crippen molar-refractivity contribution < 1.29 is 19.1 Å². The van der Waals surface area contributed by atoms with Gasteiger partial charge in [0.25, 0.3) is 5.91 Å². The molecule has 2 rings (SSSR count). The molecule has 1 heterocycles. The second-order valence-corrected chi connectivity index (χ2v) is 5.66. The summed E-state index contributed by atoms with van der Waals surface area (Å²) in [7, 11) is 3.50. The first-order chi connectivity index (χ1) is 11.6. The molecule has 1 aromatic carbocycles. The van der Waals surface area contributed by atoms with Crippen LogP contribution in [-0.4, -0.2) is 58.3 Å². The lowest BCUT2D eigenvalue weighted by molar-refractivity contribution is -0.121. The van der Waals surface area contributed by atoms with Crippen LogP contribution in [0.2, 0.25) is 0 Å². The first-order valence-electron chi connectivity index (χ1n) is 8.10. The molecular weight excluding hydrogens is 310 g/mol. The molecule has 2 N–H and O–H groups in total. The second kappa shape index (κ2) is 8.54. The van der Waals surface area contributed by atoms with Gasteiger partial charge in [-0.3, -0.25) is 9.59 Å². The highest BCUT2D eigenvalue weighted by Gasteiger charge is 2.27. The molecule has 7 heteroatoms. The van der Waals surface area contributed by atoms with E-state index >= 15 is 0 Å². The van der Waals surface area contributed by atoms with Gasteiger partial charge < -0.3 is 25.0 Å². The number of likely N-dealkylation sites (N-methyl/N-ethyl adjacent to an activating group) is 1. The fraction of sp³-hybridized carbons (Fsp3) is 0.529. The molecular formula is C17H25N3O4. The predicted molar refractivity (Wildman–Crippen MR) is 91.6 cm³/mol. The van der Waals surface area contributed by atoms with Crippen LogP contribution in [0, 0.1) is 0 Å². The van der Waals surface area contributed by atoms with E-state index in [0.29, 0.717) is 38.3 Å². The van der Waals surface area contributed by atoms with Crippen molar-refractivity contribution in [3.63, 3.8) is 0 Å². The summed E-state index contributed by atoms with van der Waals surface area (Å²) in [6.07, 6.45) is 0.355. The zero-order chi connectivity index (χ0) is 17.5. The van der Waals surface area contributed by atoms with Crippen molar-refractivity contribution in [1.82, 2.24) is 10.6 Å². The normalized spacial score (nSPS) is 16.1. The van der Waals surface area contributed by atoms with Crippen molar-refractivity contribution in [2.24, 2.45) is 0 Å². The van der Waals surface area contributed by atoms with E-state index in [4.69, 9.17) is 9.47 Å². The van der Waals surface area contributed by atoms with Crippen molar-refractivity contribution in [2.45, 2.75) is 19.4 Å². The molecule has 1 aromatic rings. The van der Waals surface area contributed by atoms with Gasteiger partial charge in [0.05, 0.1) is 24.8 Å². The number of anilines is 1. The summed E-state index contributed by atoms with van der Waals surface area (Å²) in [5, 5.41) is 5.59. The average Bonchev–Trinajstić information content (AvgIpc) is 2.57. The molecule has 0 aliphatic carbocycles. The van der Waals surface area contributed by atoms with Crippen LogP contribution in [0.15, 0.2) is 18.2 Å². The molecule has 1 atom stereocenters. The third-order valence-corrected chi connectivity index (χ3v) is 3.97. The van der Waals surface area contributed by atoms with Gasteiger partial charge in [-0.15, -0.1) is 0 Å². The molecule has 2 amide bonds. The number of carbonyl (C=O) groups is 2.